The molecule has 3 aromatic rings. The molecule has 2 amide bonds. The maximum Gasteiger partial charge on any atom is 0.264 e. The largest absolute Gasteiger partial charge is 0.494 e. The molecule has 11 heteroatoms. The topological polar surface area (TPSA) is 96.0 Å². The smallest absolute Gasteiger partial charge is 0.264 e. The lowest BCUT2D eigenvalue weighted by atomic mass is 10.1. The van der Waals surface area contributed by atoms with Crippen molar-refractivity contribution in [3.63, 3.8) is 0 Å². The van der Waals surface area contributed by atoms with Gasteiger partial charge in [0.2, 0.25) is 11.8 Å². The van der Waals surface area contributed by atoms with E-state index in [0.717, 1.165) is 28.6 Å². The Bertz CT molecular complexity index is 1410. The van der Waals surface area contributed by atoms with Crippen LogP contribution in [0.2, 0.25) is 0 Å². The molecule has 0 heterocycles. The average Bonchev–Trinajstić information content (AvgIpc) is 2.94. The summed E-state index contributed by atoms with van der Waals surface area (Å²) in [5, 5.41) is 2.80. The molecule has 220 valence electrons. The third-order valence-corrected chi connectivity index (χ3v) is 8.02. The van der Waals surface area contributed by atoms with Crippen LogP contribution in [-0.2, 0) is 26.2 Å². The third-order valence-electron chi connectivity index (χ3n) is 6.23. The van der Waals surface area contributed by atoms with Gasteiger partial charge in [-0.05, 0) is 86.0 Å². The number of halogens is 2. The molecule has 41 heavy (non-hydrogen) atoms. The molecule has 0 radical (unpaired) electrons. The van der Waals surface area contributed by atoms with Crippen LogP contribution in [0.25, 0.3) is 0 Å². The Kier molecular flexibility index (Phi) is 10.8. The molecule has 1 N–H and O–H groups in total. The molecule has 0 saturated heterocycles. The molecule has 3 aromatic carbocycles. The zero-order valence-corrected chi connectivity index (χ0v) is 24.3. The minimum atomic E-state index is -4.34. The summed E-state index contributed by atoms with van der Waals surface area (Å²) in [6.07, 6.45) is 0. The Labute approximate surface area is 240 Å². The summed E-state index contributed by atoms with van der Waals surface area (Å²) in [5.74, 6) is -1.47. The number of amides is 2. The number of carbonyl (C=O) groups is 2. The van der Waals surface area contributed by atoms with Gasteiger partial charge in [0, 0.05) is 13.1 Å². The molecule has 3 rings (SSSR count). The van der Waals surface area contributed by atoms with Gasteiger partial charge in [0.15, 0.2) is 0 Å². The lowest BCUT2D eigenvalue weighted by Crippen LogP contribution is -2.51. The number of sulfonamides is 1. The van der Waals surface area contributed by atoms with E-state index in [1.807, 2.05) is 20.8 Å². The van der Waals surface area contributed by atoms with E-state index in [1.54, 1.807) is 19.1 Å². The van der Waals surface area contributed by atoms with Gasteiger partial charge in [-0.2, -0.15) is 0 Å². The van der Waals surface area contributed by atoms with Crippen LogP contribution in [0.1, 0.15) is 33.3 Å². The molecule has 0 aliphatic carbocycles. The SMILES string of the molecule is CCOc1ccc(N(CC(=O)N(Cc2ccc(F)cc2)[C@@H](C)C(=O)NCC(C)C)S(=O)(=O)c2ccc(F)cc2)cc1. The van der Waals surface area contributed by atoms with Crippen molar-refractivity contribution < 1.29 is 31.5 Å². The zero-order chi connectivity index (χ0) is 30.2. The Morgan fingerprint density at radius 2 is 1.44 bits per heavy atom. The van der Waals surface area contributed by atoms with Crippen LogP contribution in [0, 0.1) is 17.6 Å². The summed E-state index contributed by atoms with van der Waals surface area (Å²) >= 11 is 0. The first-order valence-corrected chi connectivity index (χ1v) is 14.7. The van der Waals surface area contributed by atoms with Crippen LogP contribution in [0.4, 0.5) is 14.5 Å². The van der Waals surface area contributed by atoms with Crippen molar-refractivity contribution in [2.45, 2.75) is 45.2 Å². The highest BCUT2D eigenvalue weighted by Gasteiger charge is 2.32. The van der Waals surface area contributed by atoms with Gasteiger partial charge in [-0.15, -0.1) is 0 Å². The van der Waals surface area contributed by atoms with E-state index in [-0.39, 0.29) is 23.0 Å². The maximum atomic E-state index is 13.9. The Balaban J connectivity index is 2.01. The number of nitrogens with one attached hydrogen (secondary N) is 1. The van der Waals surface area contributed by atoms with Crippen LogP contribution in [0.5, 0.6) is 5.75 Å². The van der Waals surface area contributed by atoms with Gasteiger partial charge in [-0.25, -0.2) is 17.2 Å². The Hall–Kier alpha value is -3.99. The van der Waals surface area contributed by atoms with Gasteiger partial charge in [-0.3, -0.25) is 13.9 Å². The highest BCUT2D eigenvalue weighted by atomic mass is 32.2. The van der Waals surface area contributed by atoms with Crippen molar-refractivity contribution in [1.29, 1.82) is 0 Å². The first kappa shape index (κ1) is 31.5. The van der Waals surface area contributed by atoms with Crippen molar-refractivity contribution in [3.05, 3.63) is 90.0 Å². The highest BCUT2D eigenvalue weighted by Crippen LogP contribution is 2.27. The van der Waals surface area contributed by atoms with Crippen LogP contribution >= 0.6 is 0 Å². The molecule has 1 atom stereocenters. The van der Waals surface area contributed by atoms with Crippen molar-refractivity contribution in [1.82, 2.24) is 10.2 Å². The number of anilines is 1. The van der Waals surface area contributed by atoms with Crippen molar-refractivity contribution in [3.8, 4) is 5.75 Å². The first-order chi connectivity index (χ1) is 19.4. The zero-order valence-electron chi connectivity index (χ0n) is 23.5. The molecule has 0 aromatic heterocycles. The number of hydrogen-bond donors (Lipinski definition) is 1. The fraction of sp³-hybridized carbons (Fsp3) is 0.333. The quantitative estimate of drug-likeness (QED) is 0.312. The minimum absolute atomic E-state index is 0.0664. The third kappa shape index (κ3) is 8.50. The fourth-order valence-electron chi connectivity index (χ4n) is 3.96. The van der Waals surface area contributed by atoms with E-state index in [1.165, 1.54) is 41.3 Å². The summed E-state index contributed by atoms with van der Waals surface area (Å²) < 4.78 is 61.1. The Morgan fingerprint density at radius 3 is 1.98 bits per heavy atom. The lowest BCUT2D eigenvalue weighted by Gasteiger charge is -2.32. The number of carbonyl (C=O) groups excluding carboxylic acids is 2. The van der Waals surface area contributed by atoms with Gasteiger partial charge >= 0.3 is 0 Å². The summed E-state index contributed by atoms with van der Waals surface area (Å²) in [4.78, 5) is 27.9. The van der Waals surface area contributed by atoms with Gasteiger partial charge in [0.05, 0.1) is 17.2 Å². The standard InChI is InChI=1S/C30H35F2N3O5S/c1-5-40-27-14-12-26(13-15-27)35(41(38,39)28-16-10-25(32)11-17-28)20-29(36)34(19-23-6-8-24(31)9-7-23)22(4)30(37)33-18-21(2)3/h6-17,21-22H,5,18-20H2,1-4H3,(H,33,37)/t22-/m0/s1. The minimum Gasteiger partial charge on any atom is -0.494 e. The van der Waals surface area contributed by atoms with Crippen LogP contribution in [0.15, 0.2) is 77.7 Å². The Morgan fingerprint density at radius 1 is 0.878 bits per heavy atom. The molecule has 0 spiro atoms. The summed E-state index contributed by atoms with van der Waals surface area (Å²) in [6.45, 7) is 7.30. The van der Waals surface area contributed by atoms with E-state index in [2.05, 4.69) is 5.32 Å². The number of hydrogen-bond acceptors (Lipinski definition) is 5. The van der Waals surface area contributed by atoms with Crippen LogP contribution in [0.3, 0.4) is 0 Å². The molecule has 0 aliphatic heterocycles. The van der Waals surface area contributed by atoms with Gasteiger partial charge in [-0.1, -0.05) is 26.0 Å². The second kappa shape index (κ2) is 14.1. The monoisotopic (exact) mass is 587 g/mol. The molecule has 0 fully saturated rings. The van der Waals surface area contributed by atoms with E-state index in [0.29, 0.717) is 24.5 Å². The highest BCUT2D eigenvalue weighted by molar-refractivity contribution is 7.92. The number of nitrogens with zero attached hydrogens (tertiary/aromatic N) is 2. The van der Waals surface area contributed by atoms with E-state index < -0.39 is 46.1 Å². The normalized spacial score (nSPS) is 12.1. The molecular weight excluding hydrogens is 552 g/mol. The van der Waals surface area contributed by atoms with Gasteiger partial charge < -0.3 is 15.0 Å². The summed E-state index contributed by atoms with van der Waals surface area (Å²) in [6, 6.07) is 14.9. The molecule has 0 bridgehead atoms. The van der Waals surface area contributed by atoms with Gasteiger partial charge in [0.1, 0.15) is 30.0 Å². The van der Waals surface area contributed by atoms with E-state index in [9.17, 15) is 26.8 Å². The second-order valence-electron chi connectivity index (χ2n) is 9.86. The van der Waals surface area contributed by atoms with Crippen molar-refractivity contribution in [2.75, 3.05) is 24.0 Å². The van der Waals surface area contributed by atoms with Crippen molar-refractivity contribution in [2.24, 2.45) is 5.92 Å². The first-order valence-electron chi connectivity index (χ1n) is 13.2. The predicted molar refractivity (Wildman–Crippen MR) is 153 cm³/mol. The molecule has 0 saturated carbocycles. The number of benzene rings is 3. The lowest BCUT2D eigenvalue weighted by molar-refractivity contribution is -0.139. The summed E-state index contributed by atoms with van der Waals surface area (Å²) in [7, 11) is -4.34. The van der Waals surface area contributed by atoms with E-state index in [4.69, 9.17) is 4.74 Å². The molecular formula is C30H35F2N3O5S. The molecule has 0 aliphatic rings. The number of ether oxygens (including phenoxy) is 1. The van der Waals surface area contributed by atoms with Crippen LogP contribution < -0.4 is 14.4 Å². The van der Waals surface area contributed by atoms with Crippen LogP contribution in [-0.4, -0.2) is 50.9 Å². The second-order valence-corrected chi connectivity index (χ2v) is 11.7. The maximum absolute atomic E-state index is 13.9. The molecule has 0 unspecified atom stereocenters. The molecule has 8 nitrogen and oxygen atoms in total. The fourth-order valence-corrected chi connectivity index (χ4v) is 5.37. The van der Waals surface area contributed by atoms with Crippen molar-refractivity contribution >= 4 is 27.5 Å². The van der Waals surface area contributed by atoms with Gasteiger partial charge in [0.25, 0.3) is 10.0 Å². The van der Waals surface area contributed by atoms with E-state index >= 15 is 0 Å². The summed E-state index contributed by atoms with van der Waals surface area (Å²) in [5.41, 5.74) is 0.724. The average molecular weight is 588 g/mol. The number of rotatable bonds is 13. The predicted octanol–water partition coefficient (Wildman–Crippen LogP) is 4.75.